The highest BCUT2D eigenvalue weighted by Gasteiger charge is 2.24. The number of aromatic nitrogens is 1. The standard InChI is InChI=1S/C13H17N3O2S2/c1-3-15-12-4-6-14-8-13(12)20(17,18)16(2)9-11-5-7-19-10-11/h4-8,10H,3,9H2,1-2H3,(H,14,15). The van der Waals surface area contributed by atoms with Crippen molar-refractivity contribution < 1.29 is 8.42 Å². The van der Waals surface area contributed by atoms with Gasteiger partial charge in [0.05, 0.1) is 5.69 Å². The van der Waals surface area contributed by atoms with Gasteiger partial charge in [-0.05, 0) is 35.4 Å². The second-order valence-electron chi connectivity index (χ2n) is 4.29. The van der Waals surface area contributed by atoms with Gasteiger partial charge < -0.3 is 5.32 Å². The molecule has 0 bridgehead atoms. The van der Waals surface area contributed by atoms with Crippen LogP contribution < -0.4 is 5.32 Å². The summed E-state index contributed by atoms with van der Waals surface area (Å²) in [7, 11) is -1.98. The van der Waals surface area contributed by atoms with Crippen LogP contribution in [0.25, 0.3) is 0 Å². The maximum atomic E-state index is 12.6. The maximum absolute atomic E-state index is 12.6. The zero-order valence-corrected chi connectivity index (χ0v) is 13.0. The van der Waals surface area contributed by atoms with Crippen molar-refractivity contribution >= 4 is 27.0 Å². The van der Waals surface area contributed by atoms with Gasteiger partial charge in [-0.3, -0.25) is 4.98 Å². The number of nitrogens with zero attached hydrogens (tertiary/aromatic N) is 2. The Morgan fingerprint density at radius 3 is 2.85 bits per heavy atom. The van der Waals surface area contributed by atoms with Crippen LogP contribution in [0.4, 0.5) is 5.69 Å². The van der Waals surface area contributed by atoms with Crippen molar-refractivity contribution in [1.29, 1.82) is 0 Å². The van der Waals surface area contributed by atoms with E-state index >= 15 is 0 Å². The van der Waals surface area contributed by atoms with Crippen LogP contribution >= 0.6 is 11.3 Å². The van der Waals surface area contributed by atoms with Crippen LogP contribution in [0, 0.1) is 0 Å². The number of hydrogen-bond acceptors (Lipinski definition) is 5. The van der Waals surface area contributed by atoms with Crippen molar-refractivity contribution in [2.45, 2.75) is 18.4 Å². The molecule has 0 aromatic carbocycles. The molecule has 2 rings (SSSR count). The summed E-state index contributed by atoms with van der Waals surface area (Å²) in [5, 5.41) is 6.93. The topological polar surface area (TPSA) is 62.3 Å². The summed E-state index contributed by atoms with van der Waals surface area (Å²) < 4.78 is 26.5. The molecule has 0 unspecified atom stereocenters. The zero-order valence-electron chi connectivity index (χ0n) is 11.4. The molecule has 20 heavy (non-hydrogen) atoms. The van der Waals surface area contributed by atoms with Crippen LogP contribution in [0.1, 0.15) is 12.5 Å². The molecule has 0 aliphatic heterocycles. The van der Waals surface area contributed by atoms with Gasteiger partial charge in [0.15, 0.2) is 0 Å². The first-order chi connectivity index (χ1) is 9.55. The zero-order chi connectivity index (χ0) is 14.6. The molecule has 7 heteroatoms. The third kappa shape index (κ3) is 3.17. The minimum atomic E-state index is -3.55. The summed E-state index contributed by atoms with van der Waals surface area (Å²) in [6.45, 7) is 2.93. The summed E-state index contributed by atoms with van der Waals surface area (Å²) in [6.07, 6.45) is 2.97. The predicted octanol–water partition coefficient (Wildman–Crippen LogP) is 2.40. The first-order valence-electron chi connectivity index (χ1n) is 6.21. The van der Waals surface area contributed by atoms with Crippen molar-refractivity contribution in [3.63, 3.8) is 0 Å². The molecule has 0 fully saturated rings. The lowest BCUT2D eigenvalue weighted by molar-refractivity contribution is 0.467. The molecule has 0 spiro atoms. The maximum Gasteiger partial charge on any atom is 0.246 e. The molecule has 0 amide bonds. The number of anilines is 1. The minimum absolute atomic E-state index is 0.208. The van der Waals surface area contributed by atoms with Crippen molar-refractivity contribution in [2.75, 3.05) is 18.9 Å². The van der Waals surface area contributed by atoms with Crippen LogP contribution in [0.15, 0.2) is 40.2 Å². The summed E-state index contributed by atoms with van der Waals surface area (Å²) in [5.41, 5.74) is 1.56. The average molecular weight is 311 g/mol. The summed E-state index contributed by atoms with van der Waals surface area (Å²) in [6, 6.07) is 3.60. The van der Waals surface area contributed by atoms with Crippen molar-refractivity contribution in [3.05, 3.63) is 40.8 Å². The molecule has 108 valence electrons. The Morgan fingerprint density at radius 2 is 2.20 bits per heavy atom. The summed E-state index contributed by atoms with van der Waals surface area (Å²) >= 11 is 1.55. The Balaban J connectivity index is 2.30. The van der Waals surface area contributed by atoms with Crippen LogP contribution in [-0.4, -0.2) is 31.3 Å². The highest BCUT2D eigenvalue weighted by Crippen LogP contribution is 2.24. The van der Waals surface area contributed by atoms with Gasteiger partial charge in [-0.1, -0.05) is 0 Å². The molecule has 0 aliphatic carbocycles. The SMILES string of the molecule is CCNc1ccncc1S(=O)(=O)N(C)Cc1ccsc1. The molecule has 1 N–H and O–H groups in total. The lowest BCUT2D eigenvalue weighted by Crippen LogP contribution is -2.27. The highest BCUT2D eigenvalue weighted by molar-refractivity contribution is 7.89. The van der Waals surface area contributed by atoms with Crippen LogP contribution in [0.5, 0.6) is 0 Å². The molecule has 2 aromatic rings. The van der Waals surface area contributed by atoms with Gasteiger partial charge in [0.25, 0.3) is 0 Å². The molecule has 5 nitrogen and oxygen atoms in total. The Bertz CT molecular complexity index is 654. The molecule has 0 saturated carbocycles. The Morgan fingerprint density at radius 1 is 1.40 bits per heavy atom. The lowest BCUT2D eigenvalue weighted by Gasteiger charge is -2.18. The largest absolute Gasteiger partial charge is 0.384 e. The van der Waals surface area contributed by atoms with Crippen LogP contribution in [0.3, 0.4) is 0 Å². The van der Waals surface area contributed by atoms with E-state index in [1.165, 1.54) is 10.5 Å². The van der Waals surface area contributed by atoms with Gasteiger partial charge in [0.2, 0.25) is 10.0 Å². The molecule has 0 aliphatic rings. The predicted molar refractivity (Wildman–Crippen MR) is 81.4 cm³/mol. The third-order valence-electron chi connectivity index (χ3n) is 2.83. The number of nitrogens with one attached hydrogen (secondary N) is 1. The van der Waals surface area contributed by atoms with E-state index in [0.29, 0.717) is 18.8 Å². The van der Waals surface area contributed by atoms with E-state index in [1.807, 2.05) is 23.8 Å². The summed E-state index contributed by atoms with van der Waals surface area (Å²) in [5.74, 6) is 0. The van der Waals surface area contributed by atoms with E-state index in [4.69, 9.17) is 0 Å². The van der Waals surface area contributed by atoms with Crippen LogP contribution in [0.2, 0.25) is 0 Å². The number of rotatable bonds is 6. The van der Waals surface area contributed by atoms with E-state index in [0.717, 1.165) is 5.56 Å². The second-order valence-corrected chi connectivity index (χ2v) is 7.09. The van der Waals surface area contributed by atoms with Gasteiger partial charge in [-0.2, -0.15) is 15.6 Å². The summed E-state index contributed by atoms with van der Waals surface area (Å²) in [4.78, 5) is 4.14. The van der Waals surface area contributed by atoms with Gasteiger partial charge >= 0.3 is 0 Å². The van der Waals surface area contributed by atoms with Gasteiger partial charge in [-0.25, -0.2) is 8.42 Å². The molecule has 0 saturated heterocycles. The second kappa shape index (κ2) is 6.34. The number of sulfonamides is 1. The Hall–Kier alpha value is -1.44. The fraction of sp³-hybridized carbons (Fsp3) is 0.308. The highest BCUT2D eigenvalue weighted by atomic mass is 32.2. The van der Waals surface area contributed by atoms with Gasteiger partial charge in [0, 0.05) is 32.5 Å². The van der Waals surface area contributed by atoms with Crippen molar-refractivity contribution in [3.8, 4) is 0 Å². The molecular weight excluding hydrogens is 294 g/mol. The smallest absolute Gasteiger partial charge is 0.246 e. The molecule has 0 atom stereocenters. The fourth-order valence-corrected chi connectivity index (χ4v) is 3.74. The van der Waals surface area contributed by atoms with Crippen molar-refractivity contribution in [1.82, 2.24) is 9.29 Å². The van der Waals surface area contributed by atoms with Gasteiger partial charge in [-0.15, -0.1) is 0 Å². The quantitative estimate of drug-likeness (QED) is 0.890. The van der Waals surface area contributed by atoms with E-state index in [1.54, 1.807) is 30.6 Å². The number of hydrogen-bond donors (Lipinski definition) is 1. The number of thiophene rings is 1. The minimum Gasteiger partial charge on any atom is -0.384 e. The van der Waals surface area contributed by atoms with E-state index in [2.05, 4.69) is 10.3 Å². The average Bonchev–Trinajstić information content (AvgIpc) is 2.92. The molecule has 2 heterocycles. The monoisotopic (exact) mass is 311 g/mol. The van der Waals surface area contributed by atoms with E-state index < -0.39 is 10.0 Å². The molecule has 2 aromatic heterocycles. The lowest BCUT2D eigenvalue weighted by atomic mass is 10.3. The third-order valence-corrected chi connectivity index (χ3v) is 5.39. The van der Waals surface area contributed by atoms with E-state index in [-0.39, 0.29) is 4.90 Å². The van der Waals surface area contributed by atoms with E-state index in [9.17, 15) is 8.42 Å². The Kier molecular flexibility index (Phi) is 4.74. The number of pyridine rings is 1. The molecule has 0 radical (unpaired) electrons. The fourth-order valence-electron chi connectivity index (χ4n) is 1.81. The first kappa shape index (κ1) is 15.0. The van der Waals surface area contributed by atoms with Crippen molar-refractivity contribution in [2.24, 2.45) is 0 Å². The Labute approximate surface area is 123 Å². The first-order valence-corrected chi connectivity index (χ1v) is 8.59. The molecular formula is C13H17N3O2S2. The van der Waals surface area contributed by atoms with Gasteiger partial charge in [0.1, 0.15) is 4.90 Å². The van der Waals surface area contributed by atoms with Crippen LogP contribution in [-0.2, 0) is 16.6 Å². The normalized spacial score (nSPS) is 11.8.